The molecule has 5 atom stereocenters. The average Bonchev–Trinajstić information content (AvgIpc) is 3.53. The first-order valence-corrected chi connectivity index (χ1v) is 19.1. The maximum Gasteiger partial charge on any atom is 0.418 e. The van der Waals surface area contributed by atoms with Crippen molar-refractivity contribution in [2.45, 2.75) is 90.0 Å². The highest BCUT2D eigenvalue weighted by atomic mass is 19.4. The van der Waals surface area contributed by atoms with E-state index >= 15 is 0 Å². The number of hydrogen-bond acceptors (Lipinski definition) is 6. The number of fused-ring (bicyclic) bond motifs is 3. The molecule has 1 aliphatic heterocycles. The standard InChI is InChI=1S/C40H52F4N6O5/c1-5-24(3)33(36(52)45-16-17-50-18-20-55-21-19-50)48-38(54)39(15-14-31-28(23-39)27-11-9-12-29(35(27)46-31)40(42,43)44)49-37(53)34(25(4)6-2)47-32(51)22-26-10-7-8-13-30(26)41/h7-13,24-25,33-34,46H,5-6,14-23H2,1-4H3,(H,45,52)(H,47,51)(H,48,54)(H,49,53)/t24-,25?,33?,34-,39+/m0/s1. The molecule has 0 bridgehead atoms. The SMILES string of the molecule is CCC(C)[C@H](NC(=O)Cc1ccccc1F)C(=O)N[C@]1(C(=O)NC(C(=O)NCCN2CCOCC2)[C@@H](C)CC)CCc2[nH]c3c(C(F)(F)F)cccc3c2C1. The van der Waals surface area contributed by atoms with Gasteiger partial charge in [0.25, 0.3) is 0 Å². The lowest BCUT2D eigenvalue weighted by Gasteiger charge is -2.39. The number of aromatic nitrogens is 1. The van der Waals surface area contributed by atoms with Crippen LogP contribution in [0.4, 0.5) is 17.6 Å². The number of hydrogen-bond donors (Lipinski definition) is 5. The van der Waals surface area contributed by atoms with Gasteiger partial charge in [-0.2, -0.15) is 13.2 Å². The van der Waals surface area contributed by atoms with Gasteiger partial charge in [-0.15, -0.1) is 0 Å². The molecule has 0 spiro atoms. The zero-order valence-corrected chi connectivity index (χ0v) is 31.8. The van der Waals surface area contributed by atoms with Crippen LogP contribution >= 0.6 is 0 Å². The molecule has 15 heteroatoms. The van der Waals surface area contributed by atoms with Crippen LogP contribution < -0.4 is 21.3 Å². The molecule has 2 aromatic carbocycles. The predicted octanol–water partition coefficient (Wildman–Crippen LogP) is 4.42. The van der Waals surface area contributed by atoms with Gasteiger partial charge >= 0.3 is 6.18 Å². The number of alkyl halides is 3. The van der Waals surface area contributed by atoms with Gasteiger partial charge in [-0.25, -0.2) is 4.39 Å². The minimum absolute atomic E-state index is 0.00593. The van der Waals surface area contributed by atoms with Crippen molar-refractivity contribution in [2.75, 3.05) is 39.4 Å². The Balaban J connectivity index is 1.45. The van der Waals surface area contributed by atoms with Gasteiger partial charge in [0.2, 0.25) is 23.6 Å². The molecule has 300 valence electrons. The van der Waals surface area contributed by atoms with E-state index in [4.69, 9.17) is 4.74 Å². The van der Waals surface area contributed by atoms with Crippen molar-refractivity contribution in [3.63, 3.8) is 0 Å². The van der Waals surface area contributed by atoms with Crippen molar-refractivity contribution in [2.24, 2.45) is 11.8 Å². The Labute approximate surface area is 318 Å². The number of ether oxygens (including phenoxy) is 1. The number of H-pyrrole nitrogens is 1. The second-order valence-corrected chi connectivity index (χ2v) is 14.8. The topological polar surface area (TPSA) is 145 Å². The summed E-state index contributed by atoms with van der Waals surface area (Å²) < 4.78 is 62.0. The predicted molar refractivity (Wildman–Crippen MR) is 199 cm³/mol. The lowest BCUT2D eigenvalue weighted by molar-refractivity contribution is -0.139. The van der Waals surface area contributed by atoms with Crippen LogP contribution in [0.25, 0.3) is 10.9 Å². The summed E-state index contributed by atoms with van der Waals surface area (Å²) in [6, 6.07) is 7.54. The number of morpholine rings is 1. The third kappa shape index (κ3) is 9.85. The van der Waals surface area contributed by atoms with Crippen LogP contribution in [0.5, 0.6) is 0 Å². The number of aromatic amines is 1. The lowest BCUT2D eigenvalue weighted by Crippen LogP contribution is -2.67. The fourth-order valence-corrected chi connectivity index (χ4v) is 7.37. The maximum absolute atomic E-state index is 14.7. The molecular formula is C40H52F4N6O5. The summed E-state index contributed by atoms with van der Waals surface area (Å²) in [4.78, 5) is 61.1. The molecule has 2 aliphatic rings. The van der Waals surface area contributed by atoms with Gasteiger partial charge in [0.05, 0.1) is 30.7 Å². The van der Waals surface area contributed by atoms with E-state index in [1.165, 1.54) is 24.3 Å². The Morgan fingerprint density at radius 2 is 1.60 bits per heavy atom. The van der Waals surface area contributed by atoms with E-state index in [1.807, 2.05) is 20.8 Å². The number of rotatable bonds is 15. The fraction of sp³-hybridized carbons (Fsp3) is 0.550. The van der Waals surface area contributed by atoms with Crippen molar-refractivity contribution < 1.29 is 41.5 Å². The quantitative estimate of drug-likeness (QED) is 0.145. The van der Waals surface area contributed by atoms with Gasteiger partial charge in [-0.1, -0.05) is 70.9 Å². The number of nitrogens with zero attached hydrogens (tertiary/aromatic N) is 1. The van der Waals surface area contributed by atoms with Crippen molar-refractivity contribution in [1.29, 1.82) is 0 Å². The molecule has 0 saturated carbocycles. The molecular weight excluding hydrogens is 720 g/mol. The number of carbonyl (C=O) groups is 4. The zero-order valence-electron chi connectivity index (χ0n) is 31.8. The summed E-state index contributed by atoms with van der Waals surface area (Å²) in [6.45, 7) is 11.0. The van der Waals surface area contributed by atoms with Crippen LogP contribution in [0.1, 0.15) is 69.3 Å². The highest BCUT2D eigenvalue weighted by Gasteiger charge is 2.47. The number of amides is 4. The molecule has 0 radical (unpaired) electrons. The average molecular weight is 773 g/mol. The van der Waals surface area contributed by atoms with Gasteiger partial charge in [0, 0.05) is 43.7 Å². The van der Waals surface area contributed by atoms with E-state index in [0.29, 0.717) is 50.4 Å². The second kappa shape index (κ2) is 18.0. The van der Waals surface area contributed by atoms with Crippen LogP contribution in [-0.4, -0.2) is 90.5 Å². The third-order valence-corrected chi connectivity index (χ3v) is 11.1. The summed E-state index contributed by atoms with van der Waals surface area (Å²) in [7, 11) is 0. The van der Waals surface area contributed by atoms with Gasteiger partial charge in [0.15, 0.2) is 0 Å². The van der Waals surface area contributed by atoms with E-state index in [9.17, 15) is 36.7 Å². The highest BCUT2D eigenvalue weighted by Crippen LogP contribution is 2.40. The number of nitrogens with one attached hydrogen (secondary N) is 5. The van der Waals surface area contributed by atoms with E-state index in [2.05, 4.69) is 31.2 Å². The number of aryl methyl sites for hydroxylation is 1. The van der Waals surface area contributed by atoms with E-state index in [0.717, 1.165) is 19.2 Å². The van der Waals surface area contributed by atoms with Gasteiger partial charge in [-0.3, -0.25) is 24.1 Å². The van der Waals surface area contributed by atoms with Crippen LogP contribution in [0.3, 0.4) is 0 Å². The molecule has 4 amide bonds. The van der Waals surface area contributed by atoms with Crippen molar-refractivity contribution in [1.82, 2.24) is 31.2 Å². The van der Waals surface area contributed by atoms with E-state index in [1.54, 1.807) is 19.1 Å². The van der Waals surface area contributed by atoms with Gasteiger partial charge in [0.1, 0.15) is 23.4 Å². The molecule has 2 heterocycles. The minimum atomic E-state index is -4.64. The Kier molecular flexibility index (Phi) is 13.6. The summed E-state index contributed by atoms with van der Waals surface area (Å²) in [5, 5.41) is 11.8. The summed E-state index contributed by atoms with van der Waals surface area (Å²) in [5.41, 5.74) is -1.57. The van der Waals surface area contributed by atoms with Gasteiger partial charge < -0.3 is 31.0 Å². The summed E-state index contributed by atoms with van der Waals surface area (Å²) in [5.74, 6) is -3.64. The Morgan fingerprint density at radius 1 is 0.927 bits per heavy atom. The molecule has 1 aliphatic carbocycles. The van der Waals surface area contributed by atoms with Crippen molar-refractivity contribution in [3.8, 4) is 0 Å². The molecule has 11 nitrogen and oxygen atoms in total. The second-order valence-electron chi connectivity index (χ2n) is 14.8. The van der Waals surface area contributed by atoms with E-state index in [-0.39, 0.29) is 48.1 Å². The Bertz CT molecular complexity index is 1840. The van der Waals surface area contributed by atoms with E-state index < -0.39 is 64.7 Å². The number of para-hydroxylation sites is 1. The first kappa shape index (κ1) is 41.7. The Hall–Kier alpha value is -4.50. The zero-order chi connectivity index (χ0) is 39.9. The first-order chi connectivity index (χ1) is 26.2. The maximum atomic E-state index is 14.7. The summed E-state index contributed by atoms with van der Waals surface area (Å²) >= 11 is 0. The third-order valence-electron chi connectivity index (χ3n) is 11.1. The van der Waals surface area contributed by atoms with Crippen LogP contribution in [0.2, 0.25) is 0 Å². The van der Waals surface area contributed by atoms with Gasteiger partial charge in [-0.05, 0) is 47.9 Å². The first-order valence-electron chi connectivity index (χ1n) is 19.1. The number of benzene rings is 2. The highest BCUT2D eigenvalue weighted by molar-refractivity contribution is 5.99. The monoisotopic (exact) mass is 772 g/mol. The van der Waals surface area contributed by atoms with Crippen molar-refractivity contribution >= 4 is 34.5 Å². The molecule has 1 fully saturated rings. The number of carbonyl (C=O) groups excluding carboxylic acids is 4. The smallest absolute Gasteiger partial charge is 0.379 e. The number of halogens is 4. The largest absolute Gasteiger partial charge is 0.418 e. The van der Waals surface area contributed by atoms with Crippen molar-refractivity contribution in [3.05, 3.63) is 70.7 Å². The molecule has 1 aromatic heterocycles. The minimum Gasteiger partial charge on any atom is -0.379 e. The van der Waals surface area contributed by atoms with Crippen LogP contribution in [0.15, 0.2) is 42.5 Å². The Morgan fingerprint density at radius 3 is 2.25 bits per heavy atom. The summed E-state index contributed by atoms with van der Waals surface area (Å²) in [6.07, 6.45) is -4.03. The van der Waals surface area contributed by atoms with Crippen LogP contribution in [0, 0.1) is 17.7 Å². The normalized spacial score (nSPS) is 19.8. The molecule has 5 N–H and O–H groups in total. The molecule has 2 unspecified atom stereocenters. The molecule has 3 aromatic rings. The lowest BCUT2D eigenvalue weighted by atomic mass is 9.78. The fourth-order valence-electron chi connectivity index (χ4n) is 7.37. The molecule has 55 heavy (non-hydrogen) atoms. The molecule has 1 saturated heterocycles. The molecule has 5 rings (SSSR count). The van der Waals surface area contributed by atoms with Crippen LogP contribution in [-0.2, 0) is 49.4 Å².